The predicted octanol–water partition coefficient (Wildman–Crippen LogP) is -2.25. The Bertz CT molecular complexity index is 305. The Morgan fingerprint density at radius 1 is 1.23 bits per heavy atom. The van der Waals surface area contributed by atoms with Crippen molar-refractivity contribution in [3.63, 3.8) is 0 Å². The molecule has 0 saturated carbocycles. The summed E-state index contributed by atoms with van der Waals surface area (Å²) in [5, 5.41) is 3.42. The van der Waals surface area contributed by atoms with Crippen molar-refractivity contribution in [2.45, 2.75) is 0 Å². The van der Waals surface area contributed by atoms with E-state index in [0.717, 1.165) is 11.5 Å². The second kappa shape index (κ2) is 3.89. The minimum atomic E-state index is -0.688. The first-order chi connectivity index (χ1) is 6.20. The second-order valence-electron chi connectivity index (χ2n) is 1.90. The molecule has 70 valence electrons. The second-order valence-corrected chi connectivity index (χ2v) is 2.65. The molecule has 0 unspecified atom stereocenters. The van der Waals surface area contributed by atoms with Crippen LogP contribution in [0.5, 0.6) is 0 Å². The highest BCUT2D eigenvalue weighted by atomic mass is 32.1. The van der Waals surface area contributed by atoms with Gasteiger partial charge in [0.05, 0.1) is 0 Å². The Morgan fingerprint density at radius 3 is 2.38 bits per heavy atom. The molecule has 0 radical (unpaired) electrons. The fourth-order valence-corrected chi connectivity index (χ4v) is 1.19. The summed E-state index contributed by atoms with van der Waals surface area (Å²) in [6, 6.07) is 0. The number of nitrogens with two attached hydrogens (primary N) is 2. The Labute approximate surface area is 76.4 Å². The quantitative estimate of drug-likeness (QED) is 0.243. The standard InChI is InChI=1S/C4H6N6O2S/c5-7-3(11)1-2(4(12)8-6)13-10-9-1/h5-6H2,(H,7,11)(H,8,12). The van der Waals surface area contributed by atoms with E-state index in [1.165, 1.54) is 0 Å². The predicted molar refractivity (Wildman–Crippen MR) is 43.2 cm³/mol. The van der Waals surface area contributed by atoms with Gasteiger partial charge in [-0.15, -0.1) is 5.10 Å². The van der Waals surface area contributed by atoms with Crippen LogP contribution in [-0.2, 0) is 0 Å². The SMILES string of the molecule is NNC(=O)c1nnsc1C(=O)NN. The van der Waals surface area contributed by atoms with Gasteiger partial charge in [-0.05, 0) is 11.5 Å². The average Bonchev–Trinajstić information content (AvgIpc) is 2.63. The van der Waals surface area contributed by atoms with Crippen molar-refractivity contribution in [1.29, 1.82) is 0 Å². The number of hydrogen-bond donors (Lipinski definition) is 4. The maximum absolute atomic E-state index is 11.0. The van der Waals surface area contributed by atoms with Gasteiger partial charge in [0, 0.05) is 0 Å². The number of rotatable bonds is 2. The molecular weight excluding hydrogens is 196 g/mol. The molecular formula is C4H6N6O2S. The van der Waals surface area contributed by atoms with E-state index < -0.39 is 11.8 Å². The number of hydrazine groups is 2. The van der Waals surface area contributed by atoms with Gasteiger partial charge in [-0.2, -0.15) is 0 Å². The Morgan fingerprint density at radius 2 is 1.85 bits per heavy atom. The van der Waals surface area contributed by atoms with Crippen molar-refractivity contribution in [1.82, 2.24) is 20.4 Å². The van der Waals surface area contributed by atoms with Crippen molar-refractivity contribution in [3.8, 4) is 0 Å². The molecule has 2 amide bonds. The van der Waals surface area contributed by atoms with E-state index in [4.69, 9.17) is 11.7 Å². The molecule has 9 heteroatoms. The molecule has 8 nitrogen and oxygen atoms in total. The van der Waals surface area contributed by atoms with Crippen molar-refractivity contribution < 1.29 is 9.59 Å². The maximum atomic E-state index is 11.0. The number of nitrogen functional groups attached to an aromatic ring is 2. The molecule has 0 atom stereocenters. The average molecular weight is 202 g/mol. The lowest BCUT2D eigenvalue weighted by Crippen LogP contribution is -2.34. The monoisotopic (exact) mass is 202 g/mol. The van der Waals surface area contributed by atoms with Crippen LogP contribution in [0.2, 0.25) is 0 Å². The van der Waals surface area contributed by atoms with Crippen LogP contribution < -0.4 is 22.5 Å². The number of carbonyl (C=O) groups is 2. The van der Waals surface area contributed by atoms with Crippen LogP contribution in [0.15, 0.2) is 0 Å². The van der Waals surface area contributed by atoms with Gasteiger partial charge in [-0.3, -0.25) is 20.4 Å². The van der Waals surface area contributed by atoms with Crippen LogP contribution in [0.3, 0.4) is 0 Å². The van der Waals surface area contributed by atoms with Crippen LogP contribution >= 0.6 is 11.5 Å². The molecule has 1 aromatic heterocycles. The number of nitrogens with zero attached hydrogens (tertiary/aromatic N) is 2. The van der Waals surface area contributed by atoms with Crippen molar-refractivity contribution in [3.05, 3.63) is 10.6 Å². The van der Waals surface area contributed by atoms with Gasteiger partial charge in [0.1, 0.15) is 4.88 Å². The summed E-state index contributed by atoms with van der Waals surface area (Å²) in [5.74, 6) is 8.39. The van der Waals surface area contributed by atoms with Crippen LogP contribution in [0.1, 0.15) is 20.2 Å². The van der Waals surface area contributed by atoms with E-state index in [2.05, 4.69) is 9.59 Å². The number of aromatic nitrogens is 2. The maximum Gasteiger partial charge on any atom is 0.287 e. The lowest BCUT2D eigenvalue weighted by molar-refractivity contribution is 0.0919. The number of carbonyl (C=O) groups excluding carboxylic acids is 2. The third kappa shape index (κ3) is 1.77. The summed E-state index contributed by atoms with van der Waals surface area (Å²) in [6.45, 7) is 0. The number of hydrogen-bond acceptors (Lipinski definition) is 7. The molecule has 0 aromatic carbocycles. The van der Waals surface area contributed by atoms with Gasteiger partial charge in [0.2, 0.25) is 0 Å². The third-order valence-electron chi connectivity index (χ3n) is 1.17. The van der Waals surface area contributed by atoms with Gasteiger partial charge in [-0.25, -0.2) is 11.7 Å². The summed E-state index contributed by atoms with van der Waals surface area (Å²) >= 11 is 0.756. The van der Waals surface area contributed by atoms with Gasteiger partial charge in [0.25, 0.3) is 11.8 Å². The van der Waals surface area contributed by atoms with Crippen LogP contribution in [0, 0.1) is 0 Å². The zero-order valence-corrected chi connectivity index (χ0v) is 7.09. The van der Waals surface area contributed by atoms with Crippen molar-refractivity contribution in [2.24, 2.45) is 11.7 Å². The van der Waals surface area contributed by atoms with E-state index in [0.29, 0.717) is 0 Å². The van der Waals surface area contributed by atoms with E-state index in [-0.39, 0.29) is 10.6 Å². The largest absolute Gasteiger partial charge is 0.289 e. The van der Waals surface area contributed by atoms with Crippen LogP contribution in [0.4, 0.5) is 0 Å². The number of amides is 2. The highest BCUT2D eigenvalue weighted by molar-refractivity contribution is 7.08. The van der Waals surface area contributed by atoms with Gasteiger partial charge in [-0.1, -0.05) is 4.49 Å². The molecule has 0 aliphatic carbocycles. The fraction of sp³-hybridized carbons (Fsp3) is 0. The molecule has 6 N–H and O–H groups in total. The molecule has 0 aliphatic rings. The van der Waals surface area contributed by atoms with Crippen molar-refractivity contribution in [2.75, 3.05) is 0 Å². The Balaban J connectivity index is 3.02. The minimum Gasteiger partial charge on any atom is -0.289 e. The van der Waals surface area contributed by atoms with Gasteiger partial charge in [0.15, 0.2) is 5.69 Å². The van der Waals surface area contributed by atoms with E-state index in [1.807, 2.05) is 10.9 Å². The molecule has 0 spiro atoms. The summed E-state index contributed by atoms with van der Waals surface area (Å²) in [7, 11) is 0. The summed E-state index contributed by atoms with van der Waals surface area (Å²) in [5.41, 5.74) is 3.55. The topological polar surface area (TPSA) is 136 Å². The molecule has 0 bridgehead atoms. The smallest absolute Gasteiger partial charge is 0.287 e. The van der Waals surface area contributed by atoms with Crippen molar-refractivity contribution >= 4 is 23.3 Å². The molecule has 1 aromatic rings. The first-order valence-corrected chi connectivity index (χ1v) is 3.82. The Kier molecular flexibility index (Phi) is 2.84. The highest BCUT2D eigenvalue weighted by Gasteiger charge is 2.20. The summed E-state index contributed by atoms with van der Waals surface area (Å²) < 4.78 is 3.42. The highest BCUT2D eigenvalue weighted by Crippen LogP contribution is 2.09. The number of nitrogens with one attached hydrogen (secondary N) is 2. The van der Waals surface area contributed by atoms with E-state index in [9.17, 15) is 9.59 Å². The van der Waals surface area contributed by atoms with Crippen LogP contribution in [-0.4, -0.2) is 21.4 Å². The zero-order chi connectivity index (χ0) is 9.84. The minimum absolute atomic E-state index is 0.0189. The molecule has 1 rings (SSSR count). The van der Waals surface area contributed by atoms with Gasteiger partial charge >= 0.3 is 0 Å². The lowest BCUT2D eigenvalue weighted by atomic mass is 10.3. The Hall–Kier alpha value is -1.58. The molecule has 0 saturated heterocycles. The molecule has 0 fully saturated rings. The first kappa shape index (κ1) is 9.51. The molecule has 1 heterocycles. The third-order valence-corrected chi connectivity index (χ3v) is 1.90. The summed E-state index contributed by atoms with van der Waals surface area (Å²) in [4.78, 5) is 22.0. The normalized spacial score (nSPS) is 9.38. The zero-order valence-electron chi connectivity index (χ0n) is 6.27. The van der Waals surface area contributed by atoms with Crippen LogP contribution in [0.25, 0.3) is 0 Å². The lowest BCUT2D eigenvalue weighted by Gasteiger charge is -1.96. The molecule has 0 aliphatic heterocycles. The van der Waals surface area contributed by atoms with E-state index >= 15 is 0 Å². The fourth-order valence-electron chi connectivity index (χ4n) is 0.622. The van der Waals surface area contributed by atoms with E-state index in [1.54, 1.807) is 0 Å². The van der Waals surface area contributed by atoms with Gasteiger partial charge < -0.3 is 0 Å². The first-order valence-electron chi connectivity index (χ1n) is 3.05. The molecule has 13 heavy (non-hydrogen) atoms. The summed E-state index contributed by atoms with van der Waals surface area (Å²) in [6.07, 6.45) is 0.